The Balaban J connectivity index is 2.70. The molecule has 0 unspecified atom stereocenters. The van der Waals surface area contributed by atoms with Crippen LogP contribution >= 0.6 is 46.4 Å². The SMILES string of the molecule is Fc1cccc(-c2ccc(Cl)c(Cl)c2Cl)c1CCl. The van der Waals surface area contributed by atoms with E-state index >= 15 is 0 Å². The summed E-state index contributed by atoms with van der Waals surface area (Å²) in [5, 5.41) is 0.899. The first-order chi connectivity index (χ1) is 8.56. The lowest BCUT2D eigenvalue weighted by molar-refractivity contribution is 0.617. The zero-order chi connectivity index (χ0) is 13.3. The van der Waals surface area contributed by atoms with E-state index in [0.29, 0.717) is 26.7 Å². The molecule has 0 aliphatic rings. The minimum Gasteiger partial charge on any atom is -0.207 e. The van der Waals surface area contributed by atoms with Crippen LogP contribution in [0.25, 0.3) is 11.1 Å². The molecule has 0 spiro atoms. The minimum absolute atomic E-state index is 0.0541. The Kier molecular flexibility index (Phi) is 4.39. The van der Waals surface area contributed by atoms with E-state index in [-0.39, 0.29) is 16.7 Å². The van der Waals surface area contributed by atoms with Crippen molar-refractivity contribution >= 4 is 46.4 Å². The second kappa shape index (κ2) is 5.66. The summed E-state index contributed by atoms with van der Waals surface area (Å²) in [6.45, 7) is 0. The molecule has 0 aliphatic carbocycles. The standard InChI is InChI=1S/C13H7Cl4F/c14-6-9-7(2-1-3-11(9)18)8-4-5-10(15)13(17)12(8)16/h1-5H,6H2. The maximum Gasteiger partial charge on any atom is 0.128 e. The fraction of sp³-hybridized carbons (Fsp3) is 0.0769. The first kappa shape index (κ1) is 14.0. The van der Waals surface area contributed by atoms with Gasteiger partial charge in [0.15, 0.2) is 0 Å². The van der Waals surface area contributed by atoms with Gasteiger partial charge in [-0.25, -0.2) is 4.39 Å². The molecule has 2 aromatic carbocycles. The third-order valence-electron chi connectivity index (χ3n) is 2.58. The molecule has 0 saturated heterocycles. The van der Waals surface area contributed by atoms with Gasteiger partial charge in [-0.15, -0.1) is 11.6 Å². The highest BCUT2D eigenvalue weighted by Gasteiger charge is 2.15. The van der Waals surface area contributed by atoms with E-state index in [1.165, 1.54) is 6.07 Å². The molecule has 0 aliphatic heterocycles. The van der Waals surface area contributed by atoms with Gasteiger partial charge in [0.05, 0.1) is 20.9 Å². The van der Waals surface area contributed by atoms with E-state index in [0.717, 1.165) is 0 Å². The van der Waals surface area contributed by atoms with Crippen LogP contribution in [-0.4, -0.2) is 0 Å². The molecule has 0 radical (unpaired) electrons. The third-order valence-corrected chi connectivity index (χ3v) is 4.14. The Bertz CT molecular complexity index is 596. The summed E-state index contributed by atoms with van der Waals surface area (Å²) in [7, 11) is 0. The maximum atomic E-state index is 13.7. The molecule has 0 amide bonds. The normalized spacial score (nSPS) is 10.7. The number of hydrogen-bond donors (Lipinski definition) is 0. The van der Waals surface area contributed by atoms with E-state index in [2.05, 4.69) is 0 Å². The molecule has 0 atom stereocenters. The van der Waals surface area contributed by atoms with Gasteiger partial charge in [0.1, 0.15) is 5.82 Å². The third kappa shape index (κ3) is 2.46. The van der Waals surface area contributed by atoms with Crippen LogP contribution in [0.3, 0.4) is 0 Å². The molecule has 0 nitrogen and oxygen atoms in total. The van der Waals surface area contributed by atoms with E-state index in [1.807, 2.05) is 0 Å². The second-order valence-electron chi connectivity index (χ2n) is 3.62. The van der Waals surface area contributed by atoms with Crippen LogP contribution in [0.2, 0.25) is 15.1 Å². The molecule has 18 heavy (non-hydrogen) atoms. The van der Waals surface area contributed by atoms with E-state index in [9.17, 15) is 4.39 Å². The lowest BCUT2D eigenvalue weighted by Gasteiger charge is -2.11. The van der Waals surface area contributed by atoms with Crippen LogP contribution < -0.4 is 0 Å². The molecule has 0 N–H and O–H groups in total. The van der Waals surface area contributed by atoms with Gasteiger partial charge in [0.25, 0.3) is 0 Å². The highest BCUT2D eigenvalue weighted by molar-refractivity contribution is 6.49. The molecule has 5 heteroatoms. The van der Waals surface area contributed by atoms with Crippen molar-refractivity contribution in [3.05, 3.63) is 56.8 Å². The first-order valence-corrected chi connectivity index (χ1v) is 6.70. The second-order valence-corrected chi connectivity index (χ2v) is 5.05. The largest absolute Gasteiger partial charge is 0.207 e. The average molecular weight is 324 g/mol. The van der Waals surface area contributed by atoms with Crippen LogP contribution in [-0.2, 0) is 5.88 Å². The summed E-state index contributed by atoms with van der Waals surface area (Å²) in [5.74, 6) is -0.317. The number of alkyl halides is 1. The summed E-state index contributed by atoms with van der Waals surface area (Å²) >= 11 is 23.7. The molecular formula is C13H7Cl4F. The fourth-order valence-corrected chi connectivity index (χ4v) is 2.59. The average Bonchev–Trinajstić information content (AvgIpc) is 2.36. The summed E-state index contributed by atoms with van der Waals surface area (Å²) < 4.78 is 13.7. The molecule has 0 aromatic heterocycles. The predicted molar refractivity (Wildman–Crippen MR) is 76.4 cm³/mol. The molecule has 0 saturated carbocycles. The van der Waals surface area contributed by atoms with Crippen LogP contribution in [0, 0.1) is 5.82 Å². The van der Waals surface area contributed by atoms with Crippen LogP contribution in [0.5, 0.6) is 0 Å². The van der Waals surface area contributed by atoms with Crippen molar-refractivity contribution in [3.8, 4) is 11.1 Å². The highest BCUT2D eigenvalue weighted by Crippen LogP contribution is 2.39. The van der Waals surface area contributed by atoms with Gasteiger partial charge >= 0.3 is 0 Å². The summed E-state index contributed by atoms with van der Waals surface area (Å²) in [5.41, 5.74) is 1.62. The number of rotatable bonds is 2. The van der Waals surface area contributed by atoms with E-state index in [1.54, 1.807) is 24.3 Å². The van der Waals surface area contributed by atoms with Crippen LogP contribution in [0.4, 0.5) is 4.39 Å². The Morgan fingerprint density at radius 3 is 2.28 bits per heavy atom. The topological polar surface area (TPSA) is 0 Å². The van der Waals surface area contributed by atoms with Gasteiger partial charge < -0.3 is 0 Å². The predicted octanol–water partition coefficient (Wildman–Crippen LogP) is 6.19. The van der Waals surface area contributed by atoms with Crippen LogP contribution in [0.1, 0.15) is 5.56 Å². The van der Waals surface area contributed by atoms with Gasteiger partial charge in [0.2, 0.25) is 0 Å². The van der Waals surface area contributed by atoms with Crippen molar-refractivity contribution in [1.29, 1.82) is 0 Å². The molecule has 0 heterocycles. The van der Waals surface area contributed by atoms with Crippen molar-refractivity contribution in [2.24, 2.45) is 0 Å². The van der Waals surface area contributed by atoms with Crippen molar-refractivity contribution in [1.82, 2.24) is 0 Å². The smallest absolute Gasteiger partial charge is 0.128 e. The molecule has 2 rings (SSSR count). The van der Waals surface area contributed by atoms with Gasteiger partial charge in [-0.3, -0.25) is 0 Å². The Morgan fingerprint density at radius 1 is 0.889 bits per heavy atom. The lowest BCUT2D eigenvalue weighted by Crippen LogP contribution is -1.92. The molecule has 0 fully saturated rings. The monoisotopic (exact) mass is 322 g/mol. The molecule has 2 aromatic rings. The highest BCUT2D eigenvalue weighted by atomic mass is 35.5. The molecule has 0 bridgehead atoms. The summed E-state index contributed by atoms with van der Waals surface area (Å²) in [6.07, 6.45) is 0. The molecule has 94 valence electrons. The van der Waals surface area contributed by atoms with Crippen LogP contribution in [0.15, 0.2) is 30.3 Å². The fourth-order valence-electron chi connectivity index (χ4n) is 1.68. The Hall–Kier alpha value is -0.470. The Labute approximate surface area is 124 Å². The van der Waals surface area contributed by atoms with E-state index in [4.69, 9.17) is 46.4 Å². The number of halogens is 5. The van der Waals surface area contributed by atoms with Crippen molar-refractivity contribution in [2.75, 3.05) is 0 Å². The first-order valence-electron chi connectivity index (χ1n) is 5.03. The lowest BCUT2D eigenvalue weighted by atomic mass is 10.00. The zero-order valence-corrected chi connectivity index (χ0v) is 12.0. The van der Waals surface area contributed by atoms with Gasteiger partial charge in [-0.05, 0) is 17.7 Å². The van der Waals surface area contributed by atoms with Gasteiger partial charge in [-0.2, -0.15) is 0 Å². The zero-order valence-electron chi connectivity index (χ0n) is 8.98. The van der Waals surface area contributed by atoms with Crippen molar-refractivity contribution in [3.63, 3.8) is 0 Å². The minimum atomic E-state index is -0.371. The van der Waals surface area contributed by atoms with Gasteiger partial charge in [-0.1, -0.05) is 53.0 Å². The van der Waals surface area contributed by atoms with Gasteiger partial charge in [0, 0.05) is 11.1 Å². The van der Waals surface area contributed by atoms with Crippen molar-refractivity contribution < 1.29 is 4.39 Å². The summed E-state index contributed by atoms with van der Waals surface area (Å²) in [4.78, 5) is 0. The molecular weight excluding hydrogens is 317 g/mol. The maximum absolute atomic E-state index is 13.7. The number of hydrogen-bond acceptors (Lipinski definition) is 0. The van der Waals surface area contributed by atoms with E-state index < -0.39 is 0 Å². The number of benzene rings is 2. The quantitative estimate of drug-likeness (QED) is 0.456. The van der Waals surface area contributed by atoms with Crippen molar-refractivity contribution in [2.45, 2.75) is 5.88 Å². The summed E-state index contributed by atoms with van der Waals surface area (Å²) in [6, 6.07) is 8.01. The Morgan fingerprint density at radius 2 is 1.61 bits per heavy atom.